The van der Waals surface area contributed by atoms with E-state index in [9.17, 15) is 9.90 Å². The molecule has 2 rings (SSSR count). The second-order valence-corrected chi connectivity index (χ2v) is 5.78. The van der Waals surface area contributed by atoms with Gasteiger partial charge in [0.25, 0.3) is 0 Å². The second-order valence-electron chi connectivity index (χ2n) is 5.78. The molecule has 1 saturated heterocycles. The highest BCUT2D eigenvalue weighted by Gasteiger charge is 2.39. The van der Waals surface area contributed by atoms with Crippen LogP contribution in [0.2, 0.25) is 0 Å². The van der Waals surface area contributed by atoms with Crippen molar-refractivity contribution >= 4 is 5.97 Å². The summed E-state index contributed by atoms with van der Waals surface area (Å²) >= 11 is 0. The molecule has 2 aliphatic rings. The van der Waals surface area contributed by atoms with E-state index in [0.29, 0.717) is 18.6 Å². The average molecular weight is 281 g/mol. The number of esters is 1. The van der Waals surface area contributed by atoms with E-state index < -0.39 is 6.10 Å². The first-order chi connectivity index (χ1) is 9.69. The first-order valence-corrected chi connectivity index (χ1v) is 8.02. The first kappa shape index (κ1) is 15.4. The van der Waals surface area contributed by atoms with Crippen molar-refractivity contribution in [1.29, 1.82) is 0 Å². The Labute approximate surface area is 121 Å². The van der Waals surface area contributed by atoms with Gasteiger partial charge in [-0.1, -0.05) is 19.8 Å². The van der Waals surface area contributed by atoms with E-state index in [1.165, 1.54) is 12.8 Å². The van der Waals surface area contributed by atoms with E-state index in [-0.39, 0.29) is 12.0 Å². The zero-order valence-electron chi connectivity index (χ0n) is 12.7. The molecule has 4 heteroatoms. The molecule has 0 amide bonds. The lowest BCUT2D eigenvalue weighted by molar-refractivity contribution is -0.139. The van der Waals surface area contributed by atoms with Gasteiger partial charge in [0.2, 0.25) is 0 Å². The summed E-state index contributed by atoms with van der Waals surface area (Å²) < 4.78 is 5.18. The van der Waals surface area contributed by atoms with Crippen LogP contribution in [-0.4, -0.2) is 41.3 Å². The summed E-state index contributed by atoms with van der Waals surface area (Å²) in [7, 11) is 0. The van der Waals surface area contributed by atoms with Crippen molar-refractivity contribution < 1.29 is 14.6 Å². The van der Waals surface area contributed by atoms with Crippen LogP contribution in [-0.2, 0) is 9.53 Å². The minimum atomic E-state index is -0.424. The third-order valence-corrected chi connectivity index (χ3v) is 4.39. The molecule has 0 radical (unpaired) electrons. The molecule has 1 fully saturated rings. The predicted molar refractivity (Wildman–Crippen MR) is 78.2 cm³/mol. The Morgan fingerprint density at radius 2 is 2.20 bits per heavy atom. The molecule has 0 unspecified atom stereocenters. The zero-order chi connectivity index (χ0) is 14.5. The highest BCUT2D eigenvalue weighted by atomic mass is 16.5. The van der Waals surface area contributed by atoms with Crippen LogP contribution in [0.1, 0.15) is 58.8 Å². The molecule has 114 valence electrons. The number of hydrogen-bond acceptors (Lipinski definition) is 4. The van der Waals surface area contributed by atoms with Gasteiger partial charge in [0, 0.05) is 18.7 Å². The number of fused-ring (bicyclic) bond motifs is 1. The first-order valence-electron chi connectivity index (χ1n) is 8.02. The number of hydrogen-bond donors (Lipinski definition) is 1. The van der Waals surface area contributed by atoms with Gasteiger partial charge in [0.15, 0.2) is 0 Å². The van der Waals surface area contributed by atoms with Crippen molar-refractivity contribution in [1.82, 2.24) is 4.90 Å². The van der Waals surface area contributed by atoms with Crippen molar-refractivity contribution in [3.8, 4) is 0 Å². The molecule has 0 spiro atoms. The lowest BCUT2D eigenvalue weighted by atomic mass is 9.91. The minimum Gasteiger partial charge on any atom is -0.463 e. The van der Waals surface area contributed by atoms with Gasteiger partial charge in [-0.3, -0.25) is 0 Å². The molecule has 2 atom stereocenters. The van der Waals surface area contributed by atoms with Crippen LogP contribution in [0, 0.1) is 0 Å². The van der Waals surface area contributed by atoms with Crippen molar-refractivity contribution in [2.45, 2.75) is 70.9 Å². The quantitative estimate of drug-likeness (QED) is 0.600. The Morgan fingerprint density at radius 3 is 2.90 bits per heavy atom. The van der Waals surface area contributed by atoms with E-state index in [1.54, 1.807) is 0 Å². The smallest absolute Gasteiger partial charge is 0.335 e. The molecule has 2 aliphatic heterocycles. The van der Waals surface area contributed by atoms with Crippen molar-refractivity contribution in [3.05, 3.63) is 11.3 Å². The van der Waals surface area contributed by atoms with Gasteiger partial charge in [0.05, 0.1) is 24.3 Å². The van der Waals surface area contributed by atoms with Crippen molar-refractivity contribution in [3.63, 3.8) is 0 Å². The third-order valence-electron chi connectivity index (χ3n) is 4.39. The molecule has 1 N–H and O–H groups in total. The number of ether oxygens (including phenoxy) is 1. The van der Waals surface area contributed by atoms with Gasteiger partial charge in [-0.15, -0.1) is 0 Å². The van der Waals surface area contributed by atoms with Crippen LogP contribution >= 0.6 is 0 Å². The Morgan fingerprint density at radius 1 is 1.40 bits per heavy atom. The van der Waals surface area contributed by atoms with E-state index >= 15 is 0 Å². The predicted octanol–water partition coefficient (Wildman–Crippen LogP) is 2.61. The van der Waals surface area contributed by atoms with Crippen LogP contribution in [0.15, 0.2) is 11.3 Å². The fraction of sp³-hybridized carbons (Fsp3) is 0.812. The number of aliphatic hydroxyl groups is 1. The lowest BCUT2D eigenvalue weighted by Crippen LogP contribution is -2.44. The number of rotatable bonds is 6. The molecular weight excluding hydrogens is 254 g/mol. The molecule has 0 aromatic heterocycles. The molecule has 0 bridgehead atoms. The van der Waals surface area contributed by atoms with E-state index in [2.05, 4.69) is 11.8 Å². The Balaban J connectivity index is 2.21. The van der Waals surface area contributed by atoms with E-state index in [1.807, 2.05) is 6.92 Å². The summed E-state index contributed by atoms with van der Waals surface area (Å²) in [5.74, 6) is -0.233. The highest BCUT2D eigenvalue weighted by Crippen LogP contribution is 2.36. The van der Waals surface area contributed by atoms with Crippen molar-refractivity contribution in [2.24, 2.45) is 0 Å². The van der Waals surface area contributed by atoms with Crippen LogP contribution in [0.25, 0.3) is 0 Å². The number of carbonyl (C=O) groups is 1. The second kappa shape index (κ2) is 7.11. The Hall–Kier alpha value is -1.03. The number of nitrogens with zero attached hydrogens (tertiary/aromatic N) is 1. The number of unbranched alkanes of at least 4 members (excludes halogenated alkanes) is 2. The molecule has 4 nitrogen and oxygen atoms in total. The summed E-state index contributed by atoms with van der Waals surface area (Å²) in [6.45, 7) is 5.37. The summed E-state index contributed by atoms with van der Waals surface area (Å²) in [4.78, 5) is 14.4. The van der Waals surface area contributed by atoms with Gasteiger partial charge in [-0.05, 0) is 32.6 Å². The lowest BCUT2D eigenvalue weighted by Gasteiger charge is -2.38. The summed E-state index contributed by atoms with van der Waals surface area (Å²) in [6, 6.07) is 0.213. The molecule has 0 aliphatic carbocycles. The maximum Gasteiger partial charge on any atom is 0.335 e. The maximum atomic E-state index is 12.2. The van der Waals surface area contributed by atoms with Gasteiger partial charge < -0.3 is 14.7 Å². The van der Waals surface area contributed by atoms with Gasteiger partial charge in [-0.2, -0.15) is 0 Å². The SMILES string of the molecule is CCCCCC1=C(C(=O)OCC)C[C@H](O)[C@@H]2CCCN12. The Kier molecular flexibility index (Phi) is 5.46. The van der Waals surface area contributed by atoms with Gasteiger partial charge >= 0.3 is 5.97 Å². The number of allylic oxidation sites excluding steroid dienone is 1. The van der Waals surface area contributed by atoms with E-state index in [4.69, 9.17) is 4.74 Å². The fourth-order valence-corrected chi connectivity index (χ4v) is 3.42. The maximum absolute atomic E-state index is 12.2. The number of carbonyl (C=O) groups excluding carboxylic acids is 1. The van der Waals surface area contributed by atoms with Crippen LogP contribution in [0.5, 0.6) is 0 Å². The van der Waals surface area contributed by atoms with Crippen LogP contribution in [0.3, 0.4) is 0 Å². The summed E-state index contributed by atoms with van der Waals surface area (Å²) in [5.41, 5.74) is 1.86. The minimum absolute atomic E-state index is 0.213. The van der Waals surface area contributed by atoms with Gasteiger partial charge in [-0.25, -0.2) is 4.79 Å². The zero-order valence-corrected chi connectivity index (χ0v) is 12.7. The van der Waals surface area contributed by atoms with E-state index in [0.717, 1.165) is 37.9 Å². The molecule has 0 aromatic rings. The topological polar surface area (TPSA) is 49.8 Å². The molecular formula is C16H27NO3. The average Bonchev–Trinajstić information content (AvgIpc) is 2.91. The fourth-order valence-electron chi connectivity index (χ4n) is 3.42. The summed E-state index contributed by atoms with van der Waals surface area (Å²) in [5, 5.41) is 10.3. The Bertz CT molecular complexity index is 378. The molecule has 20 heavy (non-hydrogen) atoms. The van der Waals surface area contributed by atoms with Crippen molar-refractivity contribution in [2.75, 3.05) is 13.2 Å². The summed E-state index contributed by atoms with van der Waals surface area (Å²) in [6.07, 6.45) is 6.57. The molecule has 0 aromatic carbocycles. The monoisotopic (exact) mass is 281 g/mol. The molecule has 2 heterocycles. The largest absolute Gasteiger partial charge is 0.463 e. The normalized spacial score (nSPS) is 25.9. The number of aliphatic hydroxyl groups excluding tert-OH is 1. The van der Waals surface area contributed by atoms with Crippen LogP contribution < -0.4 is 0 Å². The molecule has 0 saturated carbocycles. The van der Waals surface area contributed by atoms with Crippen LogP contribution in [0.4, 0.5) is 0 Å². The highest BCUT2D eigenvalue weighted by molar-refractivity contribution is 5.89. The van der Waals surface area contributed by atoms with Gasteiger partial charge in [0.1, 0.15) is 0 Å². The standard InChI is InChI=1S/C16H27NO3/c1-3-5-6-8-13-12(16(19)20-4-2)11-15(18)14-9-7-10-17(13)14/h14-15,18H,3-11H2,1-2H3/t14-,15-/m0/s1. The third kappa shape index (κ3) is 3.17.